The van der Waals surface area contributed by atoms with Gasteiger partial charge in [0, 0.05) is 17.4 Å². The second-order valence-electron chi connectivity index (χ2n) is 4.64. The number of ketones is 1. The van der Waals surface area contributed by atoms with Crippen molar-refractivity contribution in [1.29, 1.82) is 0 Å². The maximum Gasteiger partial charge on any atom is 0.191 e. The summed E-state index contributed by atoms with van der Waals surface area (Å²) in [5, 5.41) is 1.11. The van der Waals surface area contributed by atoms with Crippen LogP contribution in [0.15, 0.2) is 65.8 Å². The summed E-state index contributed by atoms with van der Waals surface area (Å²) in [6.07, 6.45) is 1.52. The van der Waals surface area contributed by atoms with Gasteiger partial charge in [0.25, 0.3) is 0 Å². The van der Waals surface area contributed by atoms with Crippen LogP contribution < -0.4 is 0 Å². The maximum atomic E-state index is 12.2. The maximum absolute atomic E-state index is 12.2. The van der Waals surface area contributed by atoms with Gasteiger partial charge in [0.05, 0.1) is 5.02 Å². The molecule has 0 saturated carbocycles. The average Bonchev–Trinajstić information content (AvgIpc) is 2.97. The molecule has 1 aliphatic heterocycles. The van der Waals surface area contributed by atoms with E-state index in [1.165, 1.54) is 6.08 Å². The summed E-state index contributed by atoms with van der Waals surface area (Å²) in [7, 11) is 0. The quantitative estimate of drug-likeness (QED) is 0.597. The van der Waals surface area contributed by atoms with Gasteiger partial charge in [-0.15, -0.1) is 0 Å². The van der Waals surface area contributed by atoms with Crippen molar-refractivity contribution >= 4 is 29.1 Å². The Morgan fingerprint density at radius 2 is 1.86 bits per heavy atom. The van der Waals surface area contributed by atoms with Gasteiger partial charge in [-0.05, 0) is 17.7 Å². The number of carbonyl (C=O) groups excluding carboxylic acids is 1. The highest BCUT2D eigenvalue weighted by atomic mass is 35.5. The number of benzene rings is 2. The van der Waals surface area contributed by atoms with Gasteiger partial charge < -0.3 is 4.74 Å². The third-order valence-electron chi connectivity index (χ3n) is 3.19. The Balaban J connectivity index is 1.74. The molecule has 0 N–H and O–H groups in total. The monoisotopic (exact) mass is 316 g/mol. The fourth-order valence-corrected chi connectivity index (χ4v) is 3.30. The second kappa shape index (κ2) is 6.37. The molecule has 1 heterocycles. The Kier molecular flexibility index (Phi) is 4.32. The molecule has 106 valence electrons. The average molecular weight is 317 g/mol. The van der Waals surface area contributed by atoms with E-state index in [1.54, 1.807) is 36.0 Å². The Morgan fingerprint density at radius 1 is 1.14 bits per heavy atom. The molecule has 1 saturated heterocycles. The number of thioether (sulfide) groups is 1. The summed E-state index contributed by atoms with van der Waals surface area (Å²) in [5.74, 6) is 0.683. The smallest absolute Gasteiger partial charge is 0.191 e. The summed E-state index contributed by atoms with van der Waals surface area (Å²) in [5.41, 5.74) is 1.62. The van der Waals surface area contributed by atoms with E-state index in [2.05, 4.69) is 0 Å². The fourth-order valence-electron chi connectivity index (χ4n) is 2.12. The Bertz CT molecular complexity index is 682. The molecule has 0 spiro atoms. The molecule has 0 amide bonds. The number of carbonyl (C=O) groups is 1. The van der Waals surface area contributed by atoms with Crippen molar-refractivity contribution < 1.29 is 9.53 Å². The van der Waals surface area contributed by atoms with Crippen molar-refractivity contribution in [3.63, 3.8) is 0 Å². The number of rotatable bonds is 3. The lowest BCUT2D eigenvalue weighted by atomic mass is 10.1. The lowest BCUT2D eigenvalue weighted by molar-refractivity contribution is 0.103. The summed E-state index contributed by atoms with van der Waals surface area (Å²) in [6, 6.07) is 17.0. The highest BCUT2D eigenvalue weighted by Gasteiger charge is 2.24. The van der Waals surface area contributed by atoms with Crippen LogP contribution in [0.2, 0.25) is 5.02 Å². The summed E-state index contributed by atoms with van der Waals surface area (Å²) in [4.78, 5) is 12.2. The Hall–Kier alpha value is -1.71. The number of hydrogen-bond acceptors (Lipinski definition) is 3. The van der Waals surface area contributed by atoms with E-state index in [0.29, 0.717) is 15.7 Å². The van der Waals surface area contributed by atoms with Crippen LogP contribution in [0.5, 0.6) is 0 Å². The molecule has 0 radical (unpaired) electrons. The third-order valence-corrected chi connectivity index (χ3v) is 4.49. The first kappa shape index (κ1) is 14.2. The molecule has 0 aromatic heterocycles. The molecule has 21 heavy (non-hydrogen) atoms. The van der Waals surface area contributed by atoms with Crippen LogP contribution in [0, 0.1) is 0 Å². The van der Waals surface area contributed by atoms with E-state index in [0.717, 1.165) is 11.3 Å². The summed E-state index contributed by atoms with van der Waals surface area (Å²) >= 11 is 7.58. The fraction of sp³-hybridized carbons (Fsp3) is 0.118. The number of ether oxygens (including phenoxy) is 1. The molecule has 2 nitrogen and oxygen atoms in total. The van der Waals surface area contributed by atoms with Crippen LogP contribution in [-0.2, 0) is 4.74 Å². The molecule has 1 unspecified atom stereocenters. The molecule has 1 atom stereocenters. The van der Waals surface area contributed by atoms with Crippen molar-refractivity contribution in [3.05, 3.63) is 81.9 Å². The highest BCUT2D eigenvalue weighted by molar-refractivity contribution is 8.03. The van der Waals surface area contributed by atoms with Crippen LogP contribution in [0.1, 0.15) is 22.0 Å². The standard InChI is InChI=1S/C17H13ClO2S/c18-14-9-5-4-8-13(14)15(19)10-17-20-16(11-21-17)12-6-2-1-3-7-12/h1-10,16H,11H2/b17-10-. The molecule has 0 aliphatic carbocycles. The van der Waals surface area contributed by atoms with E-state index >= 15 is 0 Å². The number of halogens is 1. The van der Waals surface area contributed by atoms with Gasteiger partial charge in [-0.1, -0.05) is 65.8 Å². The van der Waals surface area contributed by atoms with E-state index in [-0.39, 0.29) is 11.9 Å². The predicted molar refractivity (Wildman–Crippen MR) is 86.6 cm³/mol. The molecular formula is C17H13ClO2S. The molecule has 0 bridgehead atoms. The first-order chi connectivity index (χ1) is 10.2. The molecule has 1 fully saturated rings. The van der Waals surface area contributed by atoms with Crippen molar-refractivity contribution in [1.82, 2.24) is 0 Å². The van der Waals surface area contributed by atoms with Crippen molar-refractivity contribution in [2.75, 3.05) is 5.75 Å². The van der Waals surface area contributed by atoms with Gasteiger partial charge in [0.2, 0.25) is 0 Å². The molecular weight excluding hydrogens is 304 g/mol. The van der Waals surface area contributed by atoms with Crippen LogP contribution in [-0.4, -0.2) is 11.5 Å². The van der Waals surface area contributed by atoms with E-state index in [4.69, 9.17) is 16.3 Å². The van der Waals surface area contributed by atoms with Crippen LogP contribution in [0.25, 0.3) is 0 Å². The molecule has 2 aromatic rings. The molecule has 2 aromatic carbocycles. The van der Waals surface area contributed by atoms with Gasteiger partial charge in [0.1, 0.15) is 6.10 Å². The summed E-state index contributed by atoms with van der Waals surface area (Å²) < 4.78 is 5.84. The molecule has 1 aliphatic rings. The lowest BCUT2D eigenvalue weighted by Crippen LogP contribution is -1.99. The molecule has 4 heteroatoms. The minimum Gasteiger partial charge on any atom is -0.478 e. The zero-order valence-electron chi connectivity index (χ0n) is 11.2. The zero-order chi connectivity index (χ0) is 14.7. The van der Waals surface area contributed by atoms with Gasteiger partial charge in [-0.2, -0.15) is 0 Å². The lowest BCUT2D eigenvalue weighted by Gasteiger charge is -2.09. The summed E-state index contributed by atoms with van der Waals surface area (Å²) in [6.45, 7) is 0. The van der Waals surface area contributed by atoms with Gasteiger partial charge in [-0.3, -0.25) is 4.79 Å². The van der Waals surface area contributed by atoms with E-state index < -0.39 is 0 Å². The van der Waals surface area contributed by atoms with E-state index in [1.807, 2.05) is 30.3 Å². The van der Waals surface area contributed by atoms with Crippen LogP contribution in [0.4, 0.5) is 0 Å². The highest BCUT2D eigenvalue weighted by Crippen LogP contribution is 2.38. The predicted octanol–water partition coefficient (Wildman–Crippen LogP) is 4.87. The Labute approximate surface area is 132 Å². The normalized spacial score (nSPS) is 19.5. The first-order valence-corrected chi connectivity index (χ1v) is 7.95. The minimum absolute atomic E-state index is 0.00138. The Morgan fingerprint density at radius 3 is 2.62 bits per heavy atom. The first-order valence-electron chi connectivity index (χ1n) is 6.59. The van der Waals surface area contributed by atoms with Crippen molar-refractivity contribution in [3.8, 4) is 0 Å². The SMILES string of the molecule is O=C(/C=C1/OC(c2ccccc2)CS1)c1ccccc1Cl. The molecule has 3 rings (SSSR count). The minimum atomic E-state index is -0.128. The largest absolute Gasteiger partial charge is 0.478 e. The topological polar surface area (TPSA) is 26.3 Å². The number of allylic oxidation sites excluding steroid dienone is 1. The van der Waals surface area contributed by atoms with E-state index in [9.17, 15) is 4.79 Å². The van der Waals surface area contributed by atoms with Gasteiger partial charge in [0.15, 0.2) is 10.9 Å². The second-order valence-corrected chi connectivity index (χ2v) is 6.07. The number of hydrogen-bond donors (Lipinski definition) is 0. The van der Waals surface area contributed by atoms with Crippen LogP contribution in [0.3, 0.4) is 0 Å². The van der Waals surface area contributed by atoms with Crippen molar-refractivity contribution in [2.45, 2.75) is 6.10 Å². The van der Waals surface area contributed by atoms with Gasteiger partial charge >= 0.3 is 0 Å². The zero-order valence-corrected chi connectivity index (χ0v) is 12.7. The van der Waals surface area contributed by atoms with Crippen molar-refractivity contribution in [2.24, 2.45) is 0 Å². The third kappa shape index (κ3) is 3.31. The van der Waals surface area contributed by atoms with Crippen LogP contribution >= 0.6 is 23.4 Å². The van der Waals surface area contributed by atoms with Gasteiger partial charge in [-0.25, -0.2) is 0 Å².